The molecule has 120 valence electrons. The van der Waals surface area contributed by atoms with Crippen LogP contribution in [0.2, 0.25) is 25.2 Å². The maximum atomic E-state index is 9.00. The van der Waals surface area contributed by atoms with Gasteiger partial charge in [-0.1, -0.05) is 19.3 Å². The highest BCUT2D eigenvalue weighted by Gasteiger charge is 2.45. The zero-order valence-electron chi connectivity index (χ0n) is 13.7. The number of carboxylic acid groups (broad SMARTS) is 1. The van der Waals surface area contributed by atoms with Gasteiger partial charge in [0.15, 0.2) is 0 Å². The molecule has 20 heavy (non-hydrogen) atoms. The minimum Gasteiger partial charge on any atom is -0.481 e. The van der Waals surface area contributed by atoms with Gasteiger partial charge in [0.25, 0.3) is 5.97 Å². The van der Waals surface area contributed by atoms with Gasteiger partial charge in [-0.2, -0.15) is 0 Å². The molecular formula is C13H30O5Si2. The fraction of sp³-hybridized carbons (Fsp3) is 0.923. The first-order chi connectivity index (χ1) is 9.17. The Hall–Kier alpha value is -0.216. The van der Waals surface area contributed by atoms with E-state index in [1.165, 1.54) is 32.1 Å². The van der Waals surface area contributed by atoms with Gasteiger partial charge in [0, 0.05) is 26.7 Å². The van der Waals surface area contributed by atoms with Crippen LogP contribution in [0.3, 0.4) is 0 Å². The summed E-state index contributed by atoms with van der Waals surface area (Å²) in [6.07, 6.45) is 6.56. The van der Waals surface area contributed by atoms with Gasteiger partial charge < -0.3 is 18.1 Å². The molecule has 0 aromatic rings. The van der Waals surface area contributed by atoms with Crippen LogP contribution < -0.4 is 0 Å². The van der Waals surface area contributed by atoms with E-state index in [0.717, 1.165) is 6.92 Å². The van der Waals surface area contributed by atoms with E-state index in [2.05, 4.69) is 19.6 Å². The fourth-order valence-electron chi connectivity index (χ4n) is 2.45. The molecule has 0 spiro atoms. The van der Waals surface area contributed by atoms with Gasteiger partial charge in [0.1, 0.15) is 0 Å². The lowest BCUT2D eigenvalue weighted by Gasteiger charge is -2.40. The first-order valence-corrected chi connectivity index (χ1v) is 12.4. The van der Waals surface area contributed by atoms with Gasteiger partial charge >= 0.3 is 17.1 Å². The molecule has 1 fully saturated rings. The first-order valence-electron chi connectivity index (χ1n) is 7.17. The number of carbonyl (C=O) groups is 1. The summed E-state index contributed by atoms with van der Waals surface area (Å²) in [5.41, 5.74) is 0.646. The summed E-state index contributed by atoms with van der Waals surface area (Å²) in [6.45, 7) is 7.48. The molecule has 0 saturated heterocycles. The molecule has 1 aliphatic carbocycles. The van der Waals surface area contributed by atoms with Crippen molar-refractivity contribution in [1.82, 2.24) is 0 Å². The molecule has 0 amide bonds. The van der Waals surface area contributed by atoms with Crippen LogP contribution in [0.1, 0.15) is 39.0 Å². The van der Waals surface area contributed by atoms with E-state index in [0.29, 0.717) is 5.54 Å². The third-order valence-electron chi connectivity index (χ3n) is 3.69. The number of carboxylic acids is 1. The average molecular weight is 323 g/mol. The third kappa shape index (κ3) is 7.54. The Morgan fingerprint density at radius 3 is 1.85 bits per heavy atom. The summed E-state index contributed by atoms with van der Waals surface area (Å²) in [4.78, 5) is 9.00. The molecule has 7 heteroatoms. The van der Waals surface area contributed by atoms with Crippen LogP contribution in [0.4, 0.5) is 0 Å². The minimum absolute atomic E-state index is 0.646. The SMILES string of the molecule is CC(=O)O.CO[Si](C)(C)O[Si](C)(OC)C1CCCCC1. The van der Waals surface area contributed by atoms with Crippen LogP contribution in [0.25, 0.3) is 0 Å². The lowest BCUT2D eigenvalue weighted by molar-refractivity contribution is -0.134. The summed E-state index contributed by atoms with van der Waals surface area (Å²) in [7, 11) is -0.469. The maximum Gasteiger partial charge on any atom is 0.329 e. The van der Waals surface area contributed by atoms with E-state index < -0.39 is 23.1 Å². The van der Waals surface area contributed by atoms with Crippen molar-refractivity contribution in [1.29, 1.82) is 0 Å². The Balaban J connectivity index is 0.000000796. The monoisotopic (exact) mass is 322 g/mol. The van der Waals surface area contributed by atoms with Crippen molar-refractivity contribution in [2.75, 3.05) is 14.2 Å². The standard InChI is InChI=1S/C11H26O3Si2.C2H4O2/c1-12-15(3,4)14-16(5,13-2)11-9-7-6-8-10-11;1-2(3)4/h11H,6-10H2,1-5H3;1H3,(H,3,4). The van der Waals surface area contributed by atoms with Crippen molar-refractivity contribution in [2.24, 2.45) is 0 Å². The Morgan fingerprint density at radius 2 is 1.50 bits per heavy atom. The summed E-state index contributed by atoms with van der Waals surface area (Å²) >= 11 is 0. The van der Waals surface area contributed by atoms with E-state index >= 15 is 0 Å². The quantitative estimate of drug-likeness (QED) is 0.785. The van der Waals surface area contributed by atoms with Crippen molar-refractivity contribution >= 4 is 23.1 Å². The van der Waals surface area contributed by atoms with Crippen LogP contribution in [0.15, 0.2) is 0 Å². The minimum atomic E-state index is -2.04. The second kappa shape index (κ2) is 8.94. The van der Waals surface area contributed by atoms with Crippen LogP contribution in [-0.4, -0.2) is 42.4 Å². The largest absolute Gasteiger partial charge is 0.481 e. The maximum absolute atomic E-state index is 9.00. The molecule has 1 rings (SSSR count). The zero-order chi connectivity index (χ0) is 15.8. The van der Waals surface area contributed by atoms with E-state index in [9.17, 15) is 0 Å². The highest BCUT2D eigenvalue weighted by Crippen LogP contribution is 2.39. The third-order valence-corrected chi connectivity index (χ3v) is 11.1. The van der Waals surface area contributed by atoms with Crippen molar-refractivity contribution < 1.29 is 22.9 Å². The van der Waals surface area contributed by atoms with E-state index in [-0.39, 0.29) is 0 Å². The lowest BCUT2D eigenvalue weighted by atomic mass is 10.0. The molecule has 0 aliphatic heterocycles. The molecule has 0 bridgehead atoms. The first kappa shape index (κ1) is 19.8. The summed E-state index contributed by atoms with van der Waals surface area (Å²) in [6, 6.07) is 0. The molecule has 0 aromatic carbocycles. The summed E-state index contributed by atoms with van der Waals surface area (Å²) < 4.78 is 17.6. The topological polar surface area (TPSA) is 65.0 Å². The highest BCUT2D eigenvalue weighted by molar-refractivity contribution is 6.80. The van der Waals surface area contributed by atoms with Gasteiger partial charge in [-0.3, -0.25) is 4.79 Å². The normalized spacial score (nSPS) is 19.7. The second-order valence-electron chi connectivity index (χ2n) is 5.78. The predicted molar refractivity (Wildman–Crippen MR) is 84.3 cm³/mol. The number of hydrogen-bond donors (Lipinski definition) is 1. The van der Waals surface area contributed by atoms with Crippen LogP contribution in [0, 0.1) is 0 Å². The van der Waals surface area contributed by atoms with E-state index in [1.807, 2.05) is 0 Å². The van der Waals surface area contributed by atoms with Gasteiger partial charge in [-0.15, -0.1) is 0 Å². The van der Waals surface area contributed by atoms with Crippen LogP contribution in [0.5, 0.6) is 0 Å². The summed E-state index contributed by atoms with van der Waals surface area (Å²) in [5, 5.41) is 7.42. The molecule has 1 aliphatic rings. The molecule has 1 saturated carbocycles. The van der Waals surface area contributed by atoms with E-state index in [4.69, 9.17) is 22.9 Å². The Bertz CT molecular complexity index is 288. The van der Waals surface area contributed by atoms with Crippen LogP contribution in [-0.2, 0) is 17.8 Å². The molecular weight excluding hydrogens is 292 g/mol. The van der Waals surface area contributed by atoms with Gasteiger partial charge in [0.2, 0.25) is 0 Å². The molecule has 5 nitrogen and oxygen atoms in total. The van der Waals surface area contributed by atoms with Gasteiger partial charge in [0.05, 0.1) is 0 Å². The molecule has 1 atom stereocenters. The van der Waals surface area contributed by atoms with E-state index in [1.54, 1.807) is 14.2 Å². The van der Waals surface area contributed by atoms with Crippen molar-refractivity contribution in [3.05, 3.63) is 0 Å². The van der Waals surface area contributed by atoms with Crippen LogP contribution >= 0.6 is 0 Å². The highest BCUT2D eigenvalue weighted by atomic mass is 28.5. The Kier molecular flexibility index (Phi) is 8.84. The number of hydrogen-bond acceptors (Lipinski definition) is 4. The molecule has 0 radical (unpaired) electrons. The second-order valence-corrected chi connectivity index (χ2v) is 13.1. The predicted octanol–water partition coefficient (Wildman–Crippen LogP) is 3.49. The molecule has 0 aromatic heterocycles. The number of aliphatic carboxylic acids is 1. The Labute approximate surface area is 125 Å². The van der Waals surface area contributed by atoms with Crippen molar-refractivity contribution in [2.45, 2.75) is 64.2 Å². The van der Waals surface area contributed by atoms with Crippen molar-refractivity contribution in [3.63, 3.8) is 0 Å². The summed E-state index contributed by atoms with van der Waals surface area (Å²) in [5.74, 6) is -0.833. The zero-order valence-corrected chi connectivity index (χ0v) is 15.7. The molecule has 1 N–H and O–H groups in total. The van der Waals surface area contributed by atoms with Gasteiger partial charge in [-0.05, 0) is 32.5 Å². The Morgan fingerprint density at radius 1 is 1.05 bits per heavy atom. The average Bonchev–Trinajstić information content (AvgIpc) is 2.38. The van der Waals surface area contributed by atoms with Gasteiger partial charge in [-0.25, -0.2) is 0 Å². The lowest BCUT2D eigenvalue weighted by Crippen LogP contribution is -2.52. The van der Waals surface area contributed by atoms with Crippen molar-refractivity contribution in [3.8, 4) is 0 Å². The molecule has 1 unspecified atom stereocenters. The number of rotatable bonds is 5. The smallest absolute Gasteiger partial charge is 0.329 e. The fourth-order valence-corrected chi connectivity index (χ4v) is 9.48. The molecule has 0 heterocycles.